The third kappa shape index (κ3) is 7.18. The Kier molecular flexibility index (Phi) is 8.14. The van der Waals surface area contributed by atoms with Crippen LogP contribution in [0.3, 0.4) is 0 Å². The number of aromatic nitrogens is 1. The average molecular weight is 494 g/mol. The molecule has 4 rings (SSSR count). The van der Waals surface area contributed by atoms with Gasteiger partial charge in [-0.1, -0.05) is 65.8 Å². The van der Waals surface area contributed by atoms with Gasteiger partial charge in [0.25, 0.3) is 5.91 Å². The summed E-state index contributed by atoms with van der Waals surface area (Å²) in [5, 5.41) is 6.73. The largest absolute Gasteiger partial charge is 0.489 e. The first-order chi connectivity index (χ1) is 16.2. The van der Waals surface area contributed by atoms with Gasteiger partial charge < -0.3 is 4.74 Å². The Morgan fingerprint density at radius 2 is 1.82 bits per heavy atom. The number of thioether (sulfide) groups is 1. The molecule has 0 aliphatic carbocycles. The topological polar surface area (TPSA) is 63.6 Å². The highest BCUT2D eigenvalue weighted by Crippen LogP contribution is 2.27. The summed E-state index contributed by atoms with van der Waals surface area (Å²) in [7, 11) is 0. The quantitative estimate of drug-likeness (QED) is 0.169. The molecule has 1 heterocycles. The Morgan fingerprint density at radius 1 is 1.06 bits per heavy atom. The molecule has 1 amide bonds. The molecule has 3 aromatic carbocycles. The van der Waals surface area contributed by atoms with Crippen LogP contribution in [-0.4, -0.2) is 22.9 Å². The zero-order chi connectivity index (χ0) is 22.9. The molecular formula is C25H20ClN3O2S2. The van der Waals surface area contributed by atoms with E-state index in [-0.39, 0.29) is 11.7 Å². The maximum absolute atomic E-state index is 12.1. The molecule has 33 heavy (non-hydrogen) atoms. The molecule has 0 unspecified atom stereocenters. The van der Waals surface area contributed by atoms with Gasteiger partial charge in [-0.3, -0.25) is 4.79 Å². The molecule has 0 fully saturated rings. The van der Waals surface area contributed by atoms with Gasteiger partial charge in [0.1, 0.15) is 12.4 Å². The molecule has 4 aromatic rings. The van der Waals surface area contributed by atoms with Crippen LogP contribution in [0.5, 0.6) is 5.75 Å². The number of amides is 1. The summed E-state index contributed by atoms with van der Waals surface area (Å²) in [4.78, 5) is 16.7. The van der Waals surface area contributed by atoms with Crippen molar-refractivity contribution in [3.05, 3.63) is 100 Å². The lowest BCUT2D eigenvalue weighted by molar-refractivity contribution is -0.118. The van der Waals surface area contributed by atoms with Crippen molar-refractivity contribution in [3.63, 3.8) is 0 Å². The molecule has 0 aliphatic rings. The van der Waals surface area contributed by atoms with E-state index < -0.39 is 0 Å². The molecule has 0 saturated heterocycles. The number of hydrazone groups is 1. The summed E-state index contributed by atoms with van der Waals surface area (Å²) in [5.74, 6) is 0.813. The van der Waals surface area contributed by atoms with Gasteiger partial charge in [-0.25, -0.2) is 10.4 Å². The van der Waals surface area contributed by atoms with Gasteiger partial charge in [-0.2, -0.15) is 5.10 Å². The lowest BCUT2D eigenvalue weighted by Crippen LogP contribution is -2.19. The van der Waals surface area contributed by atoms with E-state index in [2.05, 4.69) is 15.5 Å². The molecule has 1 aromatic heterocycles. The van der Waals surface area contributed by atoms with E-state index in [1.165, 1.54) is 23.1 Å². The van der Waals surface area contributed by atoms with Crippen molar-refractivity contribution in [2.24, 2.45) is 5.10 Å². The van der Waals surface area contributed by atoms with Gasteiger partial charge in [0.15, 0.2) is 4.34 Å². The first kappa shape index (κ1) is 23.0. The number of thiazole rings is 1. The van der Waals surface area contributed by atoms with E-state index in [0.717, 1.165) is 32.5 Å². The molecular weight excluding hydrogens is 474 g/mol. The Morgan fingerprint density at radius 3 is 2.58 bits per heavy atom. The smallest absolute Gasteiger partial charge is 0.250 e. The normalized spacial score (nSPS) is 10.9. The number of nitrogens with one attached hydrogen (secondary N) is 1. The number of benzene rings is 3. The van der Waals surface area contributed by atoms with Crippen LogP contribution < -0.4 is 10.2 Å². The maximum atomic E-state index is 12.1. The fourth-order valence-electron chi connectivity index (χ4n) is 2.80. The standard InChI is InChI=1S/C25H20ClN3O2S2/c26-21-10-6-19(7-11-21)15-31-22-12-8-18(9-13-22)14-27-29-24(30)17-33-25-28-23(16-32-25)20-4-2-1-3-5-20/h1-14,16H,15,17H2,(H,29,30)/b27-14+. The fraction of sp³-hybridized carbons (Fsp3) is 0.0800. The minimum atomic E-state index is -0.185. The van der Waals surface area contributed by atoms with Crippen LogP contribution in [0.2, 0.25) is 5.02 Å². The van der Waals surface area contributed by atoms with Gasteiger partial charge in [-0.15, -0.1) is 11.3 Å². The summed E-state index contributed by atoms with van der Waals surface area (Å²) in [6, 6.07) is 25.0. The number of ether oxygens (including phenoxy) is 1. The summed E-state index contributed by atoms with van der Waals surface area (Å²) >= 11 is 8.81. The van der Waals surface area contributed by atoms with Crippen molar-refractivity contribution in [1.29, 1.82) is 0 Å². The molecule has 166 valence electrons. The third-order valence-electron chi connectivity index (χ3n) is 4.48. The van der Waals surface area contributed by atoms with E-state index >= 15 is 0 Å². The van der Waals surface area contributed by atoms with E-state index in [9.17, 15) is 4.79 Å². The van der Waals surface area contributed by atoms with Gasteiger partial charge >= 0.3 is 0 Å². The first-order valence-electron chi connectivity index (χ1n) is 10.1. The average Bonchev–Trinajstić information content (AvgIpc) is 3.33. The molecule has 5 nitrogen and oxygen atoms in total. The number of hydrogen-bond acceptors (Lipinski definition) is 6. The van der Waals surface area contributed by atoms with Crippen LogP contribution in [-0.2, 0) is 11.4 Å². The summed E-state index contributed by atoms with van der Waals surface area (Å²) in [5.41, 5.74) is 6.43. The van der Waals surface area contributed by atoms with Crippen LogP contribution in [0.25, 0.3) is 11.3 Å². The Bertz CT molecular complexity index is 1210. The zero-order valence-corrected chi connectivity index (χ0v) is 19.9. The summed E-state index contributed by atoms with van der Waals surface area (Å²) < 4.78 is 6.62. The van der Waals surface area contributed by atoms with Crippen molar-refractivity contribution < 1.29 is 9.53 Å². The molecule has 0 saturated carbocycles. The van der Waals surface area contributed by atoms with E-state index in [0.29, 0.717) is 11.6 Å². The second kappa shape index (κ2) is 11.7. The highest BCUT2D eigenvalue weighted by atomic mass is 35.5. The monoisotopic (exact) mass is 493 g/mol. The minimum absolute atomic E-state index is 0.185. The lowest BCUT2D eigenvalue weighted by atomic mass is 10.2. The van der Waals surface area contributed by atoms with Crippen molar-refractivity contribution in [3.8, 4) is 17.0 Å². The fourth-order valence-corrected chi connectivity index (χ4v) is 4.55. The number of hydrogen-bond donors (Lipinski definition) is 1. The molecule has 1 N–H and O–H groups in total. The third-order valence-corrected chi connectivity index (χ3v) is 6.75. The predicted molar refractivity (Wildman–Crippen MR) is 136 cm³/mol. The van der Waals surface area contributed by atoms with Gasteiger partial charge in [0.05, 0.1) is 17.7 Å². The molecule has 8 heteroatoms. The first-order valence-corrected chi connectivity index (χ1v) is 12.3. The second-order valence-electron chi connectivity index (χ2n) is 6.93. The maximum Gasteiger partial charge on any atom is 0.250 e. The zero-order valence-electron chi connectivity index (χ0n) is 17.5. The Balaban J connectivity index is 1.20. The van der Waals surface area contributed by atoms with Crippen LogP contribution >= 0.6 is 34.7 Å². The molecule has 0 aliphatic heterocycles. The Labute approximate surface area is 205 Å². The lowest BCUT2D eigenvalue weighted by Gasteiger charge is -2.06. The van der Waals surface area contributed by atoms with E-state index in [4.69, 9.17) is 16.3 Å². The number of carbonyl (C=O) groups excluding carboxylic acids is 1. The van der Waals surface area contributed by atoms with Crippen molar-refractivity contribution >= 4 is 46.8 Å². The summed E-state index contributed by atoms with van der Waals surface area (Å²) in [6.07, 6.45) is 1.60. The van der Waals surface area contributed by atoms with Crippen LogP contribution in [0.1, 0.15) is 11.1 Å². The van der Waals surface area contributed by atoms with Crippen LogP contribution in [0.4, 0.5) is 0 Å². The van der Waals surface area contributed by atoms with Crippen molar-refractivity contribution in [2.45, 2.75) is 10.9 Å². The highest BCUT2D eigenvalue weighted by Gasteiger charge is 2.07. The predicted octanol–water partition coefficient (Wildman–Crippen LogP) is 6.28. The van der Waals surface area contributed by atoms with Crippen LogP contribution in [0.15, 0.2) is 93.7 Å². The highest BCUT2D eigenvalue weighted by molar-refractivity contribution is 8.01. The van der Waals surface area contributed by atoms with Gasteiger partial charge in [-0.05, 0) is 47.5 Å². The molecule has 0 bridgehead atoms. The van der Waals surface area contributed by atoms with Crippen LogP contribution in [0, 0.1) is 0 Å². The molecule has 0 spiro atoms. The summed E-state index contributed by atoms with van der Waals surface area (Å²) in [6.45, 7) is 0.463. The molecule has 0 radical (unpaired) electrons. The number of rotatable bonds is 9. The number of nitrogens with zero attached hydrogens (tertiary/aromatic N) is 2. The van der Waals surface area contributed by atoms with Crippen molar-refractivity contribution in [1.82, 2.24) is 10.4 Å². The van der Waals surface area contributed by atoms with E-state index in [1.54, 1.807) is 6.21 Å². The SMILES string of the molecule is O=C(CSc1nc(-c2ccccc2)cs1)N/N=C/c1ccc(OCc2ccc(Cl)cc2)cc1. The number of carbonyl (C=O) groups is 1. The van der Waals surface area contributed by atoms with E-state index in [1.807, 2.05) is 84.2 Å². The molecule has 0 atom stereocenters. The minimum Gasteiger partial charge on any atom is -0.489 e. The van der Waals surface area contributed by atoms with Gasteiger partial charge in [0.2, 0.25) is 0 Å². The Hall–Kier alpha value is -3.13. The van der Waals surface area contributed by atoms with Crippen molar-refractivity contribution in [2.75, 3.05) is 5.75 Å². The second-order valence-corrected chi connectivity index (χ2v) is 9.45. The number of halogens is 1. The van der Waals surface area contributed by atoms with Gasteiger partial charge in [0, 0.05) is 16.0 Å².